The number of hydrogen-bond acceptors (Lipinski definition) is 2. The summed E-state index contributed by atoms with van der Waals surface area (Å²) in [6, 6.07) is 11.2. The van der Waals surface area contributed by atoms with Crippen molar-refractivity contribution < 1.29 is 9.18 Å². The summed E-state index contributed by atoms with van der Waals surface area (Å²) in [6.07, 6.45) is 0. The Kier molecular flexibility index (Phi) is 3.63. The van der Waals surface area contributed by atoms with Crippen LogP contribution in [0.2, 0.25) is 5.02 Å². The van der Waals surface area contributed by atoms with Crippen molar-refractivity contribution in [3.8, 4) is 0 Å². The zero-order valence-electron chi connectivity index (χ0n) is 9.71. The van der Waals surface area contributed by atoms with E-state index in [0.717, 1.165) is 0 Å². The van der Waals surface area contributed by atoms with Crippen LogP contribution in [0.25, 0.3) is 0 Å². The minimum atomic E-state index is -0.431. The van der Waals surface area contributed by atoms with Crippen molar-refractivity contribution in [2.75, 3.05) is 5.32 Å². The van der Waals surface area contributed by atoms with Crippen molar-refractivity contribution in [1.29, 1.82) is 0 Å². The van der Waals surface area contributed by atoms with Crippen LogP contribution in [0.15, 0.2) is 42.5 Å². The highest BCUT2D eigenvalue weighted by molar-refractivity contribution is 6.33. The van der Waals surface area contributed by atoms with Crippen molar-refractivity contribution >= 4 is 28.8 Å². The quantitative estimate of drug-likeness (QED) is 0.830. The lowest BCUT2D eigenvalue weighted by molar-refractivity contribution is 0.101. The Labute approximate surface area is 109 Å². The summed E-state index contributed by atoms with van der Waals surface area (Å²) < 4.78 is 13.6. The summed E-state index contributed by atoms with van der Waals surface area (Å²) in [5, 5.41) is 3.37. The first-order valence-electron chi connectivity index (χ1n) is 5.40. The molecule has 0 amide bonds. The van der Waals surface area contributed by atoms with Gasteiger partial charge in [-0.2, -0.15) is 0 Å². The number of anilines is 2. The van der Waals surface area contributed by atoms with Gasteiger partial charge in [0.1, 0.15) is 5.82 Å². The highest BCUT2D eigenvalue weighted by Gasteiger charge is 2.08. The molecule has 2 aromatic rings. The lowest BCUT2D eigenvalue weighted by Gasteiger charge is -2.10. The van der Waals surface area contributed by atoms with E-state index in [1.54, 1.807) is 24.3 Å². The molecule has 0 spiro atoms. The van der Waals surface area contributed by atoms with Crippen molar-refractivity contribution in [3.05, 3.63) is 58.9 Å². The largest absolute Gasteiger partial charge is 0.352 e. The summed E-state index contributed by atoms with van der Waals surface area (Å²) in [6.45, 7) is 1.44. The lowest BCUT2D eigenvalue weighted by atomic mass is 10.1. The van der Waals surface area contributed by atoms with Gasteiger partial charge in [0, 0.05) is 5.56 Å². The molecule has 0 radical (unpaired) electrons. The molecule has 18 heavy (non-hydrogen) atoms. The molecule has 0 aliphatic heterocycles. The molecule has 0 saturated heterocycles. The second kappa shape index (κ2) is 5.19. The molecule has 0 heterocycles. The SMILES string of the molecule is CC(=O)c1ccc(F)c(Nc2ccccc2Cl)c1. The smallest absolute Gasteiger partial charge is 0.159 e. The Morgan fingerprint density at radius 3 is 2.56 bits per heavy atom. The second-order valence-electron chi connectivity index (χ2n) is 3.86. The van der Waals surface area contributed by atoms with Crippen LogP contribution in [0.1, 0.15) is 17.3 Å². The van der Waals surface area contributed by atoms with Crippen LogP contribution in [0.5, 0.6) is 0 Å². The number of rotatable bonds is 3. The van der Waals surface area contributed by atoms with Gasteiger partial charge in [0.2, 0.25) is 0 Å². The minimum Gasteiger partial charge on any atom is -0.352 e. The molecule has 2 aromatic carbocycles. The van der Waals surface area contributed by atoms with E-state index in [9.17, 15) is 9.18 Å². The number of carbonyl (C=O) groups excluding carboxylic acids is 1. The third-order valence-electron chi connectivity index (χ3n) is 2.52. The topological polar surface area (TPSA) is 29.1 Å². The number of para-hydroxylation sites is 1. The van der Waals surface area contributed by atoms with Crippen LogP contribution < -0.4 is 5.32 Å². The number of ketones is 1. The zero-order chi connectivity index (χ0) is 13.1. The molecule has 1 N–H and O–H groups in total. The Hall–Kier alpha value is -1.87. The Balaban J connectivity index is 2.37. The van der Waals surface area contributed by atoms with Crippen molar-refractivity contribution in [3.63, 3.8) is 0 Å². The average Bonchev–Trinajstić information content (AvgIpc) is 2.34. The van der Waals surface area contributed by atoms with Gasteiger partial charge in [0.15, 0.2) is 5.78 Å². The fraction of sp³-hybridized carbons (Fsp3) is 0.0714. The fourth-order valence-corrected chi connectivity index (χ4v) is 1.73. The minimum absolute atomic E-state index is 0.114. The number of nitrogens with one attached hydrogen (secondary N) is 1. The fourth-order valence-electron chi connectivity index (χ4n) is 1.55. The van der Waals surface area contributed by atoms with Gasteiger partial charge in [-0.15, -0.1) is 0 Å². The molecule has 0 saturated carbocycles. The summed E-state index contributed by atoms with van der Waals surface area (Å²) in [4.78, 5) is 11.3. The Morgan fingerprint density at radius 2 is 1.89 bits per heavy atom. The molecule has 0 unspecified atom stereocenters. The van der Waals surface area contributed by atoms with Crippen LogP contribution in [0.4, 0.5) is 15.8 Å². The molecule has 0 atom stereocenters. The number of halogens is 2. The molecule has 0 fully saturated rings. The summed E-state index contributed by atoms with van der Waals surface area (Å²) in [5.74, 6) is -0.544. The lowest BCUT2D eigenvalue weighted by Crippen LogP contribution is -1.98. The summed E-state index contributed by atoms with van der Waals surface area (Å²) in [7, 11) is 0. The molecule has 0 aliphatic rings. The maximum Gasteiger partial charge on any atom is 0.159 e. The molecule has 2 nitrogen and oxygen atoms in total. The monoisotopic (exact) mass is 263 g/mol. The first kappa shape index (κ1) is 12.6. The second-order valence-corrected chi connectivity index (χ2v) is 4.26. The standard InChI is InChI=1S/C14H11ClFNO/c1-9(18)10-6-7-12(16)14(8-10)17-13-5-3-2-4-11(13)15/h2-8,17H,1H3. The number of Topliss-reactive ketones (excluding diaryl/α,β-unsaturated/α-hetero) is 1. The third-order valence-corrected chi connectivity index (χ3v) is 2.85. The molecule has 92 valence electrons. The molecular formula is C14H11ClFNO. The van der Waals surface area contributed by atoms with E-state index in [1.807, 2.05) is 0 Å². The molecule has 4 heteroatoms. The molecule has 0 aromatic heterocycles. The Morgan fingerprint density at radius 1 is 1.17 bits per heavy atom. The highest BCUT2D eigenvalue weighted by atomic mass is 35.5. The van der Waals surface area contributed by atoms with Gasteiger partial charge in [-0.3, -0.25) is 4.79 Å². The van der Waals surface area contributed by atoms with Gasteiger partial charge < -0.3 is 5.32 Å². The van der Waals surface area contributed by atoms with Crippen LogP contribution in [-0.4, -0.2) is 5.78 Å². The first-order valence-corrected chi connectivity index (χ1v) is 5.78. The third kappa shape index (κ3) is 2.68. The van der Waals surface area contributed by atoms with E-state index in [-0.39, 0.29) is 11.5 Å². The van der Waals surface area contributed by atoms with E-state index in [4.69, 9.17) is 11.6 Å². The summed E-state index contributed by atoms with van der Waals surface area (Å²) in [5.41, 5.74) is 1.28. The van der Waals surface area contributed by atoms with Crippen molar-refractivity contribution in [2.45, 2.75) is 6.92 Å². The van der Waals surface area contributed by atoms with Gasteiger partial charge in [-0.05, 0) is 37.3 Å². The van der Waals surface area contributed by atoms with Gasteiger partial charge >= 0.3 is 0 Å². The first-order chi connectivity index (χ1) is 8.58. The van der Waals surface area contributed by atoms with Gasteiger partial charge in [0.25, 0.3) is 0 Å². The molecule has 0 aliphatic carbocycles. The normalized spacial score (nSPS) is 10.2. The zero-order valence-corrected chi connectivity index (χ0v) is 10.5. The van der Waals surface area contributed by atoms with E-state index in [1.165, 1.54) is 25.1 Å². The predicted molar refractivity (Wildman–Crippen MR) is 71.1 cm³/mol. The van der Waals surface area contributed by atoms with Gasteiger partial charge in [0.05, 0.1) is 16.4 Å². The van der Waals surface area contributed by atoms with E-state index < -0.39 is 5.82 Å². The summed E-state index contributed by atoms with van der Waals surface area (Å²) >= 11 is 5.98. The molecule has 2 rings (SSSR count). The number of hydrogen-bond donors (Lipinski definition) is 1. The van der Waals surface area contributed by atoms with Crippen LogP contribution in [-0.2, 0) is 0 Å². The van der Waals surface area contributed by atoms with E-state index in [0.29, 0.717) is 16.3 Å². The number of carbonyl (C=O) groups is 1. The van der Waals surface area contributed by atoms with Crippen LogP contribution >= 0.6 is 11.6 Å². The van der Waals surface area contributed by atoms with Crippen LogP contribution in [0.3, 0.4) is 0 Å². The maximum atomic E-state index is 13.6. The predicted octanol–water partition coefficient (Wildman–Crippen LogP) is 4.43. The van der Waals surface area contributed by atoms with Crippen LogP contribution in [0, 0.1) is 5.82 Å². The molecule has 0 bridgehead atoms. The Bertz CT molecular complexity index is 598. The maximum absolute atomic E-state index is 13.6. The van der Waals surface area contributed by atoms with Gasteiger partial charge in [-0.25, -0.2) is 4.39 Å². The number of benzene rings is 2. The highest BCUT2D eigenvalue weighted by Crippen LogP contribution is 2.27. The van der Waals surface area contributed by atoms with E-state index >= 15 is 0 Å². The average molecular weight is 264 g/mol. The van der Waals surface area contributed by atoms with Gasteiger partial charge in [-0.1, -0.05) is 23.7 Å². The van der Waals surface area contributed by atoms with Crippen molar-refractivity contribution in [1.82, 2.24) is 0 Å². The van der Waals surface area contributed by atoms with Crippen molar-refractivity contribution in [2.24, 2.45) is 0 Å². The molecular weight excluding hydrogens is 253 g/mol. The van der Waals surface area contributed by atoms with E-state index in [2.05, 4.69) is 5.32 Å².